The van der Waals surface area contributed by atoms with Gasteiger partial charge < -0.3 is 4.74 Å². The predicted molar refractivity (Wildman–Crippen MR) is 96.8 cm³/mol. The predicted octanol–water partition coefficient (Wildman–Crippen LogP) is 5.49. The van der Waals surface area contributed by atoms with Gasteiger partial charge in [0.15, 0.2) is 6.10 Å². The zero-order valence-corrected chi connectivity index (χ0v) is 14.5. The highest BCUT2D eigenvalue weighted by atomic mass is 19.4. The van der Waals surface area contributed by atoms with Crippen LogP contribution in [0, 0.1) is 0 Å². The first-order valence-electron chi connectivity index (χ1n) is 8.39. The van der Waals surface area contributed by atoms with Crippen molar-refractivity contribution in [1.82, 2.24) is 0 Å². The second-order valence-electron chi connectivity index (χ2n) is 6.00. The van der Waals surface area contributed by atoms with Crippen LogP contribution in [-0.2, 0) is 10.9 Å². The van der Waals surface area contributed by atoms with Gasteiger partial charge >= 0.3 is 12.1 Å². The van der Waals surface area contributed by atoms with E-state index in [0.717, 1.165) is 24.3 Å². The molecular weight excluding hydrogens is 369 g/mol. The Balaban J connectivity index is 1.87. The summed E-state index contributed by atoms with van der Waals surface area (Å²) >= 11 is 0. The van der Waals surface area contributed by atoms with Gasteiger partial charge in [0.2, 0.25) is 5.78 Å². The van der Waals surface area contributed by atoms with Crippen LogP contribution in [0.4, 0.5) is 13.2 Å². The number of Topliss-reactive ketones (excluding diaryl/α,β-unsaturated/α-hetero) is 1. The van der Waals surface area contributed by atoms with E-state index in [2.05, 4.69) is 0 Å². The van der Waals surface area contributed by atoms with Crippen LogP contribution in [0.2, 0.25) is 0 Å². The molecule has 3 aromatic rings. The number of benzene rings is 3. The molecule has 0 fully saturated rings. The molecule has 0 aliphatic heterocycles. The van der Waals surface area contributed by atoms with Crippen molar-refractivity contribution >= 4 is 11.8 Å². The van der Waals surface area contributed by atoms with Crippen LogP contribution in [0.15, 0.2) is 84.9 Å². The zero-order chi connectivity index (χ0) is 20.1. The van der Waals surface area contributed by atoms with Gasteiger partial charge in [-0.3, -0.25) is 4.79 Å². The third kappa shape index (κ3) is 4.46. The van der Waals surface area contributed by atoms with Crippen LogP contribution in [0.25, 0.3) is 0 Å². The summed E-state index contributed by atoms with van der Waals surface area (Å²) in [6.07, 6.45) is -5.71. The molecule has 0 aromatic heterocycles. The summed E-state index contributed by atoms with van der Waals surface area (Å²) in [5, 5.41) is 0. The number of carbonyl (C=O) groups is 2. The smallest absolute Gasteiger partial charge is 0.416 e. The minimum Gasteiger partial charge on any atom is -0.445 e. The van der Waals surface area contributed by atoms with Gasteiger partial charge in [-0.25, -0.2) is 4.79 Å². The number of hydrogen-bond acceptors (Lipinski definition) is 3. The molecule has 0 heterocycles. The molecule has 0 bridgehead atoms. The van der Waals surface area contributed by atoms with Gasteiger partial charge in [-0.2, -0.15) is 13.2 Å². The van der Waals surface area contributed by atoms with Crippen LogP contribution in [0.5, 0.6) is 0 Å². The average Bonchev–Trinajstić information content (AvgIpc) is 2.72. The summed E-state index contributed by atoms with van der Waals surface area (Å²) in [6, 6.07) is 20.4. The first-order valence-corrected chi connectivity index (χ1v) is 8.39. The fraction of sp³-hybridized carbons (Fsp3) is 0.0909. The van der Waals surface area contributed by atoms with Crippen molar-refractivity contribution in [2.45, 2.75) is 12.3 Å². The zero-order valence-electron chi connectivity index (χ0n) is 14.5. The van der Waals surface area contributed by atoms with Crippen LogP contribution in [-0.4, -0.2) is 11.8 Å². The Morgan fingerprint density at radius 1 is 0.714 bits per heavy atom. The van der Waals surface area contributed by atoms with Gasteiger partial charge in [-0.05, 0) is 24.3 Å². The van der Waals surface area contributed by atoms with E-state index in [1.807, 2.05) is 0 Å². The SMILES string of the molecule is O=C(OC(C(=O)c1ccccc1)c1ccccc1)c1ccc(C(F)(F)F)cc1. The molecule has 28 heavy (non-hydrogen) atoms. The minimum absolute atomic E-state index is 0.0743. The van der Waals surface area contributed by atoms with Gasteiger partial charge in [-0.15, -0.1) is 0 Å². The quantitative estimate of drug-likeness (QED) is 0.432. The lowest BCUT2D eigenvalue weighted by Gasteiger charge is -2.18. The molecule has 6 heteroatoms. The van der Waals surface area contributed by atoms with E-state index in [0.29, 0.717) is 11.1 Å². The number of ether oxygens (including phenoxy) is 1. The summed E-state index contributed by atoms with van der Waals surface area (Å²) in [4.78, 5) is 25.3. The van der Waals surface area contributed by atoms with Crippen LogP contribution in [0.1, 0.15) is 37.9 Å². The highest BCUT2D eigenvalue weighted by molar-refractivity contribution is 6.02. The minimum atomic E-state index is -4.50. The van der Waals surface area contributed by atoms with Crippen LogP contribution < -0.4 is 0 Å². The Kier molecular flexibility index (Phi) is 5.59. The lowest BCUT2D eigenvalue weighted by Crippen LogP contribution is -2.20. The number of carbonyl (C=O) groups excluding carboxylic acids is 2. The van der Waals surface area contributed by atoms with Crippen molar-refractivity contribution in [3.05, 3.63) is 107 Å². The number of halogens is 3. The molecule has 0 saturated carbocycles. The van der Waals surface area contributed by atoms with Gasteiger partial charge in [0, 0.05) is 11.1 Å². The number of hydrogen-bond donors (Lipinski definition) is 0. The first kappa shape index (κ1) is 19.4. The summed E-state index contributed by atoms with van der Waals surface area (Å²) in [5.74, 6) is -1.31. The van der Waals surface area contributed by atoms with Crippen molar-refractivity contribution < 1.29 is 27.5 Å². The van der Waals surface area contributed by atoms with Crippen molar-refractivity contribution in [2.24, 2.45) is 0 Å². The summed E-state index contributed by atoms with van der Waals surface area (Å²) in [5.41, 5.74) is -0.119. The van der Waals surface area contributed by atoms with E-state index in [-0.39, 0.29) is 5.56 Å². The molecule has 0 spiro atoms. The standard InChI is InChI=1S/C22H15F3O3/c23-22(24,25)18-13-11-17(12-14-18)21(27)28-20(16-9-5-2-6-10-16)19(26)15-7-3-1-4-8-15/h1-14,20H. The number of ketones is 1. The molecule has 0 N–H and O–H groups in total. The van der Waals surface area contributed by atoms with Gasteiger partial charge in [-0.1, -0.05) is 60.7 Å². The first-order chi connectivity index (χ1) is 13.4. The van der Waals surface area contributed by atoms with Crippen LogP contribution >= 0.6 is 0 Å². The summed E-state index contributed by atoms with van der Waals surface area (Å²) < 4.78 is 43.4. The molecule has 0 saturated heterocycles. The summed E-state index contributed by atoms with van der Waals surface area (Å²) in [7, 11) is 0. The number of alkyl halides is 3. The van der Waals surface area contributed by atoms with Gasteiger partial charge in [0.25, 0.3) is 0 Å². The Bertz CT molecular complexity index is 950. The van der Waals surface area contributed by atoms with E-state index in [4.69, 9.17) is 4.74 Å². The van der Waals surface area contributed by atoms with E-state index in [9.17, 15) is 22.8 Å². The fourth-order valence-corrected chi connectivity index (χ4v) is 2.62. The highest BCUT2D eigenvalue weighted by Crippen LogP contribution is 2.30. The number of rotatable bonds is 5. The molecule has 0 aliphatic rings. The third-order valence-electron chi connectivity index (χ3n) is 4.07. The van der Waals surface area contributed by atoms with Crippen molar-refractivity contribution in [3.63, 3.8) is 0 Å². The topological polar surface area (TPSA) is 43.4 Å². The van der Waals surface area contributed by atoms with Crippen LogP contribution in [0.3, 0.4) is 0 Å². The average molecular weight is 384 g/mol. The van der Waals surface area contributed by atoms with Crippen molar-refractivity contribution in [3.8, 4) is 0 Å². The molecule has 3 nitrogen and oxygen atoms in total. The van der Waals surface area contributed by atoms with Gasteiger partial charge in [0.05, 0.1) is 11.1 Å². The molecular formula is C22H15F3O3. The number of esters is 1. The Hall–Kier alpha value is -3.41. The van der Waals surface area contributed by atoms with Gasteiger partial charge in [0.1, 0.15) is 0 Å². The monoisotopic (exact) mass is 384 g/mol. The molecule has 0 aliphatic carbocycles. The molecule has 1 unspecified atom stereocenters. The normalized spacial score (nSPS) is 12.2. The van der Waals surface area contributed by atoms with Crippen molar-refractivity contribution in [1.29, 1.82) is 0 Å². The summed E-state index contributed by atoms with van der Waals surface area (Å²) in [6.45, 7) is 0. The Morgan fingerprint density at radius 3 is 1.79 bits per heavy atom. The maximum Gasteiger partial charge on any atom is 0.416 e. The Morgan fingerprint density at radius 2 is 1.25 bits per heavy atom. The molecule has 142 valence electrons. The molecule has 0 amide bonds. The fourth-order valence-electron chi connectivity index (χ4n) is 2.62. The maximum absolute atomic E-state index is 12.9. The second-order valence-corrected chi connectivity index (χ2v) is 6.00. The lowest BCUT2D eigenvalue weighted by molar-refractivity contribution is -0.137. The largest absolute Gasteiger partial charge is 0.445 e. The molecule has 0 radical (unpaired) electrons. The van der Waals surface area contributed by atoms with Crippen molar-refractivity contribution in [2.75, 3.05) is 0 Å². The lowest BCUT2D eigenvalue weighted by atomic mass is 9.99. The second kappa shape index (κ2) is 8.08. The molecule has 3 rings (SSSR count). The molecule has 1 atom stereocenters. The van der Waals surface area contributed by atoms with E-state index in [1.165, 1.54) is 0 Å². The van der Waals surface area contributed by atoms with E-state index in [1.54, 1.807) is 60.7 Å². The highest BCUT2D eigenvalue weighted by Gasteiger charge is 2.31. The maximum atomic E-state index is 12.9. The third-order valence-corrected chi connectivity index (χ3v) is 4.07. The Labute approximate surface area is 159 Å². The molecule has 3 aromatic carbocycles. The van der Waals surface area contributed by atoms with E-state index >= 15 is 0 Å². The van der Waals surface area contributed by atoms with E-state index < -0.39 is 29.6 Å².